The third-order valence-corrected chi connectivity index (χ3v) is 3.59. The highest BCUT2D eigenvalue weighted by Gasteiger charge is 2.37. The molecule has 0 aromatic carbocycles. The van der Waals surface area contributed by atoms with E-state index < -0.39 is 5.54 Å². The number of carbonyl (C=O) groups is 1. The van der Waals surface area contributed by atoms with Gasteiger partial charge in [-0.1, -0.05) is 13.3 Å². The van der Waals surface area contributed by atoms with Crippen molar-refractivity contribution < 1.29 is 9.90 Å². The van der Waals surface area contributed by atoms with E-state index in [4.69, 9.17) is 10.8 Å². The maximum atomic E-state index is 12.4. The Bertz CT molecular complexity index is 254. The van der Waals surface area contributed by atoms with Crippen molar-refractivity contribution in [2.45, 2.75) is 64.0 Å². The van der Waals surface area contributed by atoms with Gasteiger partial charge in [-0.25, -0.2) is 0 Å². The molecule has 1 aliphatic heterocycles. The number of hydrogen-bond acceptors (Lipinski definition) is 3. The van der Waals surface area contributed by atoms with E-state index in [9.17, 15) is 4.79 Å². The molecule has 2 atom stereocenters. The molecule has 0 saturated carbocycles. The second kappa shape index (κ2) is 6.36. The lowest BCUT2D eigenvalue weighted by Crippen LogP contribution is -2.54. The lowest BCUT2D eigenvalue weighted by molar-refractivity contribution is -0.137. The quantitative estimate of drug-likeness (QED) is 0.737. The van der Waals surface area contributed by atoms with Crippen molar-refractivity contribution in [3.05, 3.63) is 0 Å². The number of hydrogen-bond donors (Lipinski definition) is 2. The molecule has 1 aliphatic rings. The molecule has 1 amide bonds. The fraction of sp³-hybridized carbons (Fsp3) is 0.923. The van der Waals surface area contributed by atoms with Gasteiger partial charge in [0.2, 0.25) is 5.91 Å². The summed E-state index contributed by atoms with van der Waals surface area (Å²) in [7, 11) is 0. The van der Waals surface area contributed by atoms with Crippen LogP contribution >= 0.6 is 0 Å². The highest BCUT2D eigenvalue weighted by atomic mass is 16.3. The number of aliphatic hydroxyl groups is 1. The van der Waals surface area contributed by atoms with Gasteiger partial charge in [0.25, 0.3) is 0 Å². The summed E-state index contributed by atoms with van der Waals surface area (Å²) in [5.74, 6) is 0.0831. The molecule has 1 fully saturated rings. The lowest BCUT2D eigenvalue weighted by atomic mass is 9.95. The van der Waals surface area contributed by atoms with Gasteiger partial charge in [0.15, 0.2) is 0 Å². The molecule has 0 aromatic heterocycles. The smallest absolute Gasteiger partial charge is 0.242 e. The maximum absolute atomic E-state index is 12.4. The van der Waals surface area contributed by atoms with E-state index in [-0.39, 0.29) is 18.6 Å². The summed E-state index contributed by atoms with van der Waals surface area (Å²) in [6.07, 6.45) is 5.43. The zero-order valence-corrected chi connectivity index (χ0v) is 11.1. The molecule has 2 unspecified atom stereocenters. The SMILES string of the molecule is CCCC(C)(N)C(=O)N1CCCC1CCCO. The average Bonchev–Trinajstić information content (AvgIpc) is 2.73. The van der Waals surface area contributed by atoms with Crippen molar-refractivity contribution in [2.75, 3.05) is 13.2 Å². The van der Waals surface area contributed by atoms with Crippen LogP contribution in [0.25, 0.3) is 0 Å². The molecule has 4 nitrogen and oxygen atoms in total. The van der Waals surface area contributed by atoms with E-state index in [1.54, 1.807) is 0 Å². The number of nitrogens with zero attached hydrogens (tertiary/aromatic N) is 1. The Kier molecular flexibility index (Phi) is 5.40. The molecular weight excluding hydrogens is 216 g/mol. The molecule has 1 rings (SSSR count). The Balaban J connectivity index is 2.60. The van der Waals surface area contributed by atoms with E-state index in [1.165, 1.54) is 0 Å². The number of nitrogens with two attached hydrogens (primary N) is 1. The van der Waals surface area contributed by atoms with Crippen LogP contribution in [0.4, 0.5) is 0 Å². The van der Waals surface area contributed by atoms with Crippen LogP contribution in [0.5, 0.6) is 0 Å². The minimum absolute atomic E-state index is 0.0831. The largest absolute Gasteiger partial charge is 0.396 e. The van der Waals surface area contributed by atoms with Crippen LogP contribution < -0.4 is 5.73 Å². The van der Waals surface area contributed by atoms with Crippen LogP contribution in [0.2, 0.25) is 0 Å². The van der Waals surface area contributed by atoms with E-state index in [0.717, 1.165) is 45.1 Å². The molecule has 0 bridgehead atoms. The van der Waals surface area contributed by atoms with Crippen LogP contribution in [0.1, 0.15) is 52.4 Å². The topological polar surface area (TPSA) is 66.6 Å². The molecule has 0 aromatic rings. The van der Waals surface area contributed by atoms with Gasteiger partial charge in [0.1, 0.15) is 0 Å². The van der Waals surface area contributed by atoms with Crippen LogP contribution in [0.3, 0.4) is 0 Å². The van der Waals surface area contributed by atoms with Gasteiger partial charge in [0, 0.05) is 19.2 Å². The summed E-state index contributed by atoms with van der Waals surface area (Å²) in [6, 6.07) is 0.286. The van der Waals surface area contributed by atoms with Gasteiger partial charge in [-0.3, -0.25) is 4.79 Å². The first-order valence-corrected chi connectivity index (χ1v) is 6.73. The minimum atomic E-state index is -0.726. The first-order chi connectivity index (χ1) is 8.03. The monoisotopic (exact) mass is 242 g/mol. The summed E-state index contributed by atoms with van der Waals surface area (Å²) in [6.45, 7) is 4.91. The van der Waals surface area contributed by atoms with Gasteiger partial charge in [-0.15, -0.1) is 0 Å². The zero-order chi connectivity index (χ0) is 12.9. The zero-order valence-electron chi connectivity index (χ0n) is 11.1. The molecule has 17 heavy (non-hydrogen) atoms. The van der Waals surface area contributed by atoms with Gasteiger partial charge in [-0.2, -0.15) is 0 Å². The van der Waals surface area contributed by atoms with Gasteiger partial charge in [-0.05, 0) is 39.0 Å². The van der Waals surface area contributed by atoms with Crippen LogP contribution in [-0.4, -0.2) is 40.6 Å². The molecular formula is C13H26N2O2. The Hall–Kier alpha value is -0.610. The Morgan fingerprint density at radius 2 is 2.29 bits per heavy atom. The first kappa shape index (κ1) is 14.5. The van der Waals surface area contributed by atoms with Crippen LogP contribution in [0, 0.1) is 0 Å². The van der Waals surface area contributed by atoms with E-state index in [0.29, 0.717) is 0 Å². The van der Waals surface area contributed by atoms with Gasteiger partial charge in [0.05, 0.1) is 5.54 Å². The number of likely N-dealkylation sites (tertiary alicyclic amines) is 1. The summed E-state index contributed by atoms with van der Waals surface area (Å²) in [5, 5.41) is 8.87. The molecule has 0 spiro atoms. The summed E-state index contributed by atoms with van der Waals surface area (Å²) >= 11 is 0. The summed E-state index contributed by atoms with van der Waals surface area (Å²) < 4.78 is 0. The Labute approximate surface area is 104 Å². The summed E-state index contributed by atoms with van der Waals surface area (Å²) in [4.78, 5) is 14.3. The number of aliphatic hydroxyl groups excluding tert-OH is 1. The average molecular weight is 242 g/mol. The van der Waals surface area contributed by atoms with E-state index in [1.807, 2.05) is 18.7 Å². The molecule has 0 radical (unpaired) electrons. The number of carbonyl (C=O) groups excluding carboxylic acids is 1. The summed E-state index contributed by atoms with van der Waals surface area (Å²) in [5.41, 5.74) is 5.38. The predicted octanol–water partition coefficient (Wildman–Crippen LogP) is 1.27. The maximum Gasteiger partial charge on any atom is 0.242 e. The molecule has 0 aliphatic carbocycles. The third-order valence-electron chi connectivity index (χ3n) is 3.59. The second-order valence-electron chi connectivity index (χ2n) is 5.33. The van der Waals surface area contributed by atoms with Crippen molar-refractivity contribution in [1.29, 1.82) is 0 Å². The van der Waals surface area contributed by atoms with Crippen molar-refractivity contribution >= 4 is 5.91 Å². The normalized spacial score (nSPS) is 23.8. The molecule has 3 N–H and O–H groups in total. The predicted molar refractivity (Wildman–Crippen MR) is 68.6 cm³/mol. The number of rotatable bonds is 6. The standard InChI is InChI=1S/C13H26N2O2/c1-3-8-13(2,14)12(17)15-9-4-6-11(15)7-5-10-16/h11,16H,3-10,14H2,1-2H3. The van der Waals surface area contributed by atoms with E-state index in [2.05, 4.69) is 0 Å². The fourth-order valence-corrected chi connectivity index (χ4v) is 2.68. The molecule has 4 heteroatoms. The second-order valence-corrected chi connectivity index (χ2v) is 5.33. The minimum Gasteiger partial charge on any atom is -0.396 e. The third kappa shape index (κ3) is 3.68. The van der Waals surface area contributed by atoms with Gasteiger partial charge < -0.3 is 15.7 Å². The van der Waals surface area contributed by atoms with Crippen molar-refractivity contribution in [1.82, 2.24) is 4.90 Å². The molecule has 100 valence electrons. The highest BCUT2D eigenvalue weighted by molar-refractivity contribution is 5.86. The highest BCUT2D eigenvalue weighted by Crippen LogP contribution is 2.25. The van der Waals surface area contributed by atoms with Crippen LogP contribution in [0.15, 0.2) is 0 Å². The van der Waals surface area contributed by atoms with Gasteiger partial charge >= 0.3 is 0 Å². The first-order valence-electron chi connectivity index (χ1n) is 6.73. The Morgan fingerprint density at radius 1 is 1.59 bits per heavy atom. The van der Waals surface area contributed by atoms with Crippen molar-refractivity contribution in [2.24, 2.45) is 5.73 Å². The van der Waals surface area contributed by atoms with Crippen molar-refractivity contribution in [3.63, 3.8) is 0 Å². The lowest BCUT2D eigenvalue weighted by Gasteiger charge is -2.33. The van der Waals surface area contributed by atoms with Crippen LogP contribution in [-0.2, 0) is 4.79 Å². The van der Waals surface area contributed by atoms with Crippen molar-refractivity contribution in [3.8, 4) is 0 Å². The molecule has 1 heterocycles. The molecule has 1 saturated heterocycles. The van der Waals surface area contributed by atoms with E-state index >= 15 is 0 Å². The Morgan fingerprint density at radius 3 is 2.88 bits per heavy atom. The fourth-order valence-electron chi connectivity index (χ4n) is 2.68. The number of amides is 1.